The van der Waals surface area contributed by atoms with Crippen molar-refractivity contribution in [3.8, 4) is 11.3 Å². The van der Waals surface area contributed by atoms with Crippen molar-refractivity contribution < 1.29 is 9.32 Å². The van der Waals surface area contributed by atoms with Crippen molar-refractivity contribution in [3.05, 3.63) is 53.7 Å². The van der Waals surface area contributed by atoms with Crippen molar-refractivity contribution in [1.29, 1.82) is 0 Å². The van der Waals surface area contributed by atoms with Crippen molar-refractivity contribution in [3.63, 3.8) is 0 Å². The number of fused-ring (bicyclic) bond motifs is 1. The fraction of sp³-hybridized carbons (Fsp3) is 0.333. The van der Waals surface area contributed by atoms with Gasteiger partial charge < -0.3 is 14.4 Å². The quantitative estimate of drug-likeness (QED) is 0.791. The van der Waals surface area contributed by atoms with Crippen molar-refractivity contribution in [2.45, 2.75) is 38.8 Å². The van der Waals surface area contributed by atoms with Crippen LogP contribution in [0.4, 0.5) is 0 Å². The Morgan fingerprint density at radius 3 is 2.92 bits per heavy atom. The molecule has 0 spiro atoms. The summed E-state index contributed by atoms with van der Waals surface area (Å²) in [4.78, 5) is 12.3. The highest BCUT2D eigenvalue weighted by atomic mass is 16.5. The molecule has 1 N–H and O–H groups in total. The summed E-state index contributed by atoms with van der Waals surface area (Å²) in [6.07, 6.45) is 4.42. The van der Waals surface area contributed by atoms with Gasteiger partial charge in [0.2, 0.25) is 0 Å². The smallest absolute Gasteiger partial charge is 0.273 e. The molecule has 1 aromatic carbocycles. The van der Waals surface area contributed by atoms with Gasteiger partial charge in [-0.25, -0.2) is 0 Å². The molecule has 2 aromatic heterocycles. The van der Waals surface area contributed by atoms with Gasteiger partial charge in [-0.1, -0.05) is 41.9 Å². The van der Waals surface area contributed by atoms with Crippen LogP contribution in [0, 0.1) is 0 Å². The normalized spacial score (nSPS) is 13.9. The molecule has 0 unspecified atom stereocenters. The van der Waals surface area contributed by atoms with Crippen molar-refractivity contribution in [2.75, 3.05) is 0 Å². The van der Waals surface area contributed by atoms with Crippen LogP contribution in [-0.2, 0) is 19.5 Å². The fourth-order valence-electron chi connectivity index (χ4n) is 3.05. The van der Waals surface area contributed by atoms with Gasteiger partial charge in [0.1, 0.15) is 5.82 Å². The number of aryl methyl sites for hydroxylation is 1. The number of hydrogen-bond acceptors (Lipinski definition) is 5. The Hall–Kier alpha value is -2.96. The first-order valence-electron chi connectivity index (χ1n) is 8.52. The second-order valence-corrected chi connectivity index (χ2v) is 6.12. The molecule has 7 heteroatoms. The van der Waals surface area contributed by atoms with E-state index in [1.807, 2.05) is 30.3 Å². The maximum Gasteiger partial charge on any atom is 0.273 e. The van der Waals surface area contributed by atoms with Crippen molar-refractivity contribution in [1.82, 2.24) is 25.2 Å². The zero-order chi connectivity index (χ0) is 17.1. The van der Waals surface area contributed by atoms with Gasteiger partial charge in [-0.15, -0.1) is 10.2 Å². The highest BCUT2D eigenvalue weighted by Gasteiger charge is 2.17. The molecule has 1 amide bonds. The zero-order valence-electron chi connectivity index (χ0n) is 13.8. The molecule has 0 bridgehead atoms. The van der Waals surface area contributed by atoms with Crippen LogP contribution >= 0.6 is 0 Å². The predicted molar refractivity (Wildman–Crippen MR) is 90.7 cm³/mol. The number of benzene rings is 1. The Labute approximate surface area is 145 Å². The number of nitrogens with one attached hydrogen (secondary N) is 1. The summed E-state index contributed by atoms with van der Waals surface area (Å²) in [5, 5.41) is 15.2. The minimum Gasteiger partial charge on any atom is -0.355 e. The lowest BCUT2D eigenvalue weighted by atomic mass is 10.1. The van der Waals surface area contributed by atoms with Crippen LogP contribution in [0.2, 0.25) is 0 Å². The van der Waals surface area contributed by atoms with Gasteiger partial charge in [0.05, 0.1) is 6.54 Å². The maximum absolute atomic E-state index is 12.3. The Morgan fingerprint density at radius 2 is 2.04 bits per heavy atom. The summed E-state index contributed by atoms with van der Waals surface area (Å²) < 4.78 is 7.39. The molecule has 128 valence electrons. The lowest BCUT2D eigenvalue weighted by Gasteiger charge is -2.07. The zero-order valence-corrected chi connectivity index (χ0v) is 13.8. The lowest BCUT2D eigenvalue weighted by molar-refractivity contribution is 0.0940. The monoisotopic (exact) mass is 337 g/mol. The molecular weight excluding hydrogens is 318 g/mol. The largest absolute Gasteiger partial charge is 0.355 e. The molecule has 3 aromatic rings. The highest BCUT2D eigenvalue weighted by molar-refractivity contribution is 5.92. The Kier molecular flexibility index (Phi) is 4.28. The number of carbonyl (C=O) groups excluding carboxylic acids is 1. The van der Waals surface area contributed by atoms with Crippen LogP contribution in [0.15, 0.2) is 40.9 Å². The van der Waals surface area contributed by atoms with E-state index in [1.54, 1.807) is 6.07 Å². The number of nitrogens with zero attached hydrogens (tertiary/aromatic N) is 4. The van der Waals surface area contributed by atoms with Gasteiger partial charge in [0, 0.05) is 24.6 Å². The van der Waals surface area contributed by atoms with Gasteiger partial charge in [0.15, 0.2) is 17.3 Å². The molecule has 0 atom stereocenters. The minimum atomic E-state index is -0.281. The lowest BCUT2D eigenvalue weighted by Crippen LogP contribution is -2.25. The number of hydrogen-bond donors (Lipinski definition) is 1. The van der Waals surface area contributed by atoms with E-state index in [0.29, 0.717) is 12.3 Å². The van der Waals surface area contributed by atoms with Crippen LogP contribution in [-0.4, -0.2) is 25.8 Å². The maximum atomic E-state index is 12.3. The van der Waals surface area contributed by atoms with Gasteiger partial charge in [-0.05, 0) is 12.8 Å². The molecule has 25 heavy (non-hydrogen) atoms. The number of carbonyl (C=O) groups is 1. The van der Waals surface area contributed by atoms with Crippen LogP contribution in [0.1, 0.15) is 41.4 Å². The molecule has 0 radical (unpaired) electrons. The second kappa shape index (κ2) is 6.88. The van der Waals surface area contributed by atoms with E-state index in [9.17, 15) is 4.79 Å². The second-order valence-electron chi connectivity index (χ2n) is 6.12. The molecule has 0 aliphatic carbocycles. The number of rotatable bonds is 4. The summed E-state index contributed by atoms with van der Waals surface area (Å²) in [5.74, 6) is 2.09. The molecule has 0 saturated carbocycles. The van der Waals surface area contributed by atoms with Gasteiger partial charge in [0.25, 0.3) is 5.91 Å². The summed E-state index contributed by atoms with van der Waals surface area (Å²) >= 11 is 0. The summed E-state index contributed by atoms with van der Waals surface area (Å²) in [6, 6.07) is 11.2. The molecule has 1 aliphatic heterocycles. The van der Waals surface area contributed by atoms with Crippen LogP contribution < -0.4 is 5.32 Å². The van der Waals surface area contributed by atoms with Gasteiger partial charge >= 0.3 is 0 Å². The van der Waals surface area contributed by atoms with Crippen LogP contribution in [0.3, 0.4) is 0 Å². The van der Waals surface area contributed by atoms with E-state index >= 15 is 0 Å². The summed E-state index contributed by atoms with van der Waals surface area (Å²) in [6.45, 7) is 1.25. The third-order valence-corrected chi connectivity index (χ3v) is 4.39. The first kappa shape index (κ1) is 15.6. The van der Waals surface area contributed by atoms with Gasteiger partial charge in [-0.2, -0.15) is 0 Å². The van der Waals surface area contributed by atoms with E-state index in [0.717, 1.165) is 43.0 Å². The number of aromatic nitrogens is 4. The third kappa shape index (κ3) is 3.31. The first-order chi connectivity index (χ1) is 12.3. The van der Waals surface area contributed by atoms with E-state index in [4.69, 9.17) is 4.52 Å². The van der Waals surface area contributed by atoms with Gasteiger partial charge in [-0.3, -0.25) is 4.79 Å². The molecular formula is C18H19N5O2. The molecule has 4 rings (SSSR count). The highest BCUT2D eigenvalue weighted by Crippen LogP contribution is 2.19. The molecule has 7 nitrogen and oxygen atoms in total. The fourth-order valence-corrected chi connectivity index (χ4v) is 3.05. The Morgan fingerprint density at radius 1 is 1.16 bits per heavy atom. The third-order valence-electron chi connectivity index (χ3n) is 4.39. The van der Waals surface area contributed by atoms with E-state index in [-0.39, 0.29) is 11.6 Å². The molecule has 1 aliphatic rings. The standard InChI is InChI=1S/C18H19N5O2/c24-18(14-11-15(25-22-14)13-7-3-1-4-8-13)19-12-17-21-20-16-9-5-2-6-10-23(16)17/h1,3-4,7-8,11H,2,5-6,9-10,12H2,(H,19,24). The topological polar surface area (TPSA) is 85.8 Å². The van der Waals surface area contributed by atoms with Crippen molar-refractivity contribution in [2.24, 2.45) is 0 Å². The van der Waals surface area contributed by atoms with E-state index < -0.39 is 0 Å². The average Bonchev–Trinajstić information content (AvgIpc) is 3.22. The van der Waals surface area contributed by atoms with E-state index in [2.05, 4.69) is 25.2 Å². The number of amides is 1. The minimum absolute atomic E-state index is 0.259. The summed E-state index contributed by atoms with van der Waals surface area (Å²) in [7, 11) is 0. The van der Waals surface area contributed by atoms with Crippen LogP contribution in [0.5, 0.6) is 0 Å². The molecule has 0 saturated heterocycles. The Balaban J connectivity index is 1.43. The Bertz CT molecular complexity index is 869. The summed E-state index contributed by atoms with van der Waals surface area (Å²) in [5.41, 5.74) is 1.14. The van der Waals surface area contributed by atoms with E-state index in [1.165, 1.54) is 6.42 Å². The average molecular weight is 337 g/mol. The SMILES string of the molecule is O=C(NCc1nnc2n1CCCCC2)c1cc(-c2ccccc2)on1. The molecule has 3 heterocycles. The predicted octanol–water partition coefficient (Wildman–Crippen LogP) is 2.59. The first-order valence-corrected chi connectivity index (χ1v) is 8.52. The molecule has 0 fully saturated rings. The van der Waals surface area contributed by atoms with Crippen molar-refractivity contribution >= 4 is 5.91 Å². The van der Waals surface area contributed by atoms with Crippen LogP contribution in [0.25, 0.3) is 11.3 Å².